The molecule has 1 aliphatic carbocycles. The van der Waals surface area contributed by atoms with Crippen LogP contribution in [-0.2, 0) is 9.84 Å². The summed E-state index contributed by atoms with van der Waals surface area (Å²) in [7, 11) is -2.46. The highest BCUT2D eigenvalue weighted by Gasteiger charge is 2.30. The Labute approximate surface area is 272 Å². The number of anilines is 3. The predicted molar refractivity (Wildman–Crippen MR) is 181 cm³/mol. The van der Waals surface area contributed by atoms with Gasteiger partial charge in [0.25, 0.3) is 11.8 Å². The molecule has 1 atom stereocenters. The molecule has 4 aromatic rings. The maximum atomic E-state index is 14.1. The predicted octanol–water partition coefficient (Wildman–Crippen LogP) is 3.51. The molecule has 1 aromatic heterocycles. The first-order valence-electron chi connectivity index (χ1n) is 14.9. The van der Waals surface area contributed by atoms with Crippen LogP contribution in [0.5, 0.6) is 5.75 Å². The largest absolute Gasteiger partial charge is 0.497 e. The number of aliphatic hydroxyl groups is 1. The van der Waals surface area contributed by atoms with E-state index in [-0.39, 0.29) is 29.1 Å². The molecule has 5 rings (SSSR count). The molecule has 47 heavy (non-hydrogen) atoms. The highest BCUT2D eigenvalue weighted by Crippen LogP contribution is 2.27. The second-order valence-corrected chi connectivity index (χ2v) is 13.1. The van der Waals surface area contributed by atoms with Crippen molar-refractivity contribution in [2.24, 2.45) is 5.73 Å². The zero-order chi connectivity index (χ0) is 33.6. The fraction of sp³-hybridized carbons (Fsp3) is 0.194. The minimum atomic E-state index is -4.00. The molecule has 0 radical (unpaired) electrons. The quantitative estimate of drug-likeness (QED) is 0.150. The number of fused-ring (bicyclic) bond motifs is 1. The molecule has 2 amide bonds. The number of aromatic nitrogens is 1. The van der Waals surface area contributed by atoms with E-state index in [4.69, 9.17) is 15.6 Å². The van der Waals surface area contributed by atoms with Gasteiger partial charge >= 0.3 is 0 Å². The number of carbonyl (C=O) groups excluding carboxylic acids is 2. The molecule has 1 unspecified atom stereocenters. The summed E-state index contributed by atoms with van der Waals surface area (Å²) in [6.07, 6.45) is 4.33. The number of methoxy groups -OCH3 is 1. The Morgan fingerprint density at radius 2 is 1.83 bits per heavy atom. The standard InChI is InChI=1S/C36H34N4O6S/c1-23-18-30(21-31-33(23)38-22-32(35(37)42)34(31)39-27-10-7-11-28(20-27)46-2)47(44,45)29-12-6-9-25(19-29)36(43)40-26-15-13-24(14-16-26)8-4-3-5-17-41/h6-7,9-16,19-22,30,39,41H,3,5,17-18H2,1-2H3,(H2,37,42)(H,40,43). The molecule has 240 valence electrons. The SMILES string of the molecule is COc1cccc(Nc2c(C(N)=O)cnc3c2=CC(S(=O)(=O)c2cccc(C(=O)Nc4ccc(C#CCCCO)cc4)c2)CC=3C)c1. The summed E-state index contributed by atoms with van der Waals surface area (Å²) in [6.45, 7) is 1.89. The molecule has 0 saturated carbocycles. The van der Waals surface area contributed by atoms with Crippen LogP contribution in [-0.4, -0.2) is 49.3 Å². The van der Waals surface area contributed by atoms with Crippen LogP contribution in [0.25, 0.3) is 11.6 Å². The highest BCUT2D eigenvalue weighted by molar-refractivity contribution is 7.92. The minimum absolute atomic E-state index is 0.0162. The molecular formula is C36H34N4O6S. The summed E-state index contributed by atoms with van der Waals surface area (Å²) in [4.78, 5) is 30.0. The molecule has 1 heterocycles. The lowest BCUT2D eigenvalue weighted by Crippen LogP contribution is -2.41. The summed E-state index contributed by atoms with van der Waals surface area (Å²) in [5.41, 5.74) is 8.95. The average molecular weight is 651 g/mol. The number of carbonyl (C=O) groups is 2. The van der Waals surface area contributed by atoms with Crippen LogP contribution in [0.1, 0.15) is 52.5 Å². The van der Waals surface area contributed by atoms with Crippen LogP contribution in [0.4, 0.5) is 17.1 Å². The Balaban J connectivity index is 1.45. The molecular weight excluding hydrogens is 616 g/mol. The molecule has 1 aliphatic rings. The molecule has 0 aliphatic heterocycles. The van der Waals surface area contributed by atoms with Crippen LogP contribution < -0.4 is 31.7 Å². The lowest BCUT2D eigenvalue weighted by atomic mass is 10.0. The van der Waals surface area contributed by atoms with E-state index in [1.54, 1.807) is 74.7 Å². The summed E-state index contributed by atoms with van der Waals surface area (Å²) < 4.78 is 33.4. The first-order valence-corrected chi connectivity index (χ1v) is 16.4. The molecule has 3 aromatic carbocycles. The zero-order valence-corrected chi connectivity index (χ0v) is 26.7. The number of hydrogen-bond donors (Lipinski definition) is 4. The van der Waals surface area contributed by atoms with E-state index in [0.29, 0.717) is 46.2 Å². The van der Waals surface area contributed by atoms with Gasteiger partial charge in [0.15, 0.2) is 9.84 Å². The fourth-order valence-electron chi connectivity index (χ4n) is 5.20. The zero-order valence-electron chi connectivity index (χ0n) is 25.9. The van der Waals surface area contributed by atoms with Gasteiger partial charge in [-0.15, -0.1) is 0 Å². The Hall–Kier alpha value is -5.44. The van der Waals surface area contributed by atoms with Gasteiger partial charge in [-0.05, 0) is 79.9 Å². The van der Waals surface area contributed by atoms with Gasteiger partial charge in [-0.3, -0.25) is 14.6 Å². The molecule has 0 saturated heterocycles. The third-order valence-electron chi connectivity index (χ3n) is 7.64. The maximum absolute atomic E-state index is 14.1. The molecule has 0 fully saturated rings. The van der Waals surface area contributed by atoms with E-state index in [1.807, 2.05) is 0 Å². The molecule has 0 bridgehead atoms. The Kier molecular flexibility index (Phi) is 10.0. The molecule has 5 N–H and O–H groups in total. The number of primary amides is 1. The second kappa shape index (κ2) is 14.3. The number of benzene rings is 3. The van der Waals surface area contributed by atoms with Gasteiger partial charge in [-0.2, -0.15) is 0 Å². The van der Waals surface area contributed by atoms with Crippen LogP contribution >= 0.6 is 0 Å². The number of hydrogen-bond acceptors (Lipinski definition) is 8. The lowest BCUT2D eigenvalue weighted by molar-refractivity contribution is 0.0998. The Morgan fingerprint density at radius 1 is 1.06 bits per heavy atom. The average Bonchev–Trinajstić information content (AvgIpc) is 3.07. The normalized spacial score (nSPS) is 13.8. The Morgan fingerprint density at radius 3 is 2.55 bits per heavy atom. The van der Waals surface area contributed by atoms with Crippen molar-refractivity contribution in [2.75, 3.05) is 24.4 Å². The second-order valence-electron chi connectivity index (χ2n) is 11.0. The van der Waals surface area contributed by atoms with E-state index >= 15 is 0 Å². The van der Waals surface area contributed by atoms with Gasteiger partial charge in [0.1, 0.15) is 5.75 Å². The molecule has 11 heteroatoms. The number of nitrogens with two attached hydrogens (primary N) is 1. The smallest absolute Gasteiger partial charge is 0.255 e. The van der Waals surface area contributed by atoms with Gasteiger partial charge in [0, 0.05) is 53.0 Å². The summed E-state index contributed by atoms with van der Waals surface area (Å²) >= 11 is 0. The summed E-state index contributed by atoms with van der Waals surface area (Å²) in [6, 6.07) is 20.0. The third kappa shape index (κ3) is 7.52. The third-order valence-corrected chi connectivity index (χ3v) is 9.65. The van der Waals surface area contributed by atoms with Crippen molar-refractivity contribution in [1.82, 2.24) is 4.98 Å². The van der Waals surface area contributed by atoms with Crippen molar-refractivity contribution in [3.8, 4) is 17.6 Å². The van der Waals surface area contributed by atoms with Crippen molar-refractivity contribution < 1.29 is 27.9 Å². The van der Waals surface area contributed by atoms with E-state index in [9.17, 15) is 18.0 Å². The van der Waals surface area contributed by atoms with Gasteiger partial charge in [-0.1, -0.05) is 30.0 Å². The number of nitrogens with one attached hydrogen (secondary N) is 2. The number of aliphatic hydroxyl groups excluding tert-OH is 1. The number of sulfone groups is 1. The first kappa shape index (κ1) is 32.9. The van der Waals surface area contributed by atoms with E-state index in [2.05, 4.69) is 27.5 Å². The maximum Gasteiger partial charge on any atom is 0.255 e. The van der Waals surface area contributed by atoms with E-state index < -0.39 is 26.9 Å². The van der Waals surface area contributed by atoms with Crippen LogP contribution in [0.2, 0.25) is 0 Å². The van der Waals surface area contributed by atoms with Crippen molar-refractivity contribution in [2.45, 2.75) is 36.3 Å². The van der Waals surface area contributed by atoms with Crippen molar-refractivity contribution >= 4 is 50.4 Å². The van der Waals surface area contributed by atoms with E-state index in [1.165, 1.54) is 24.4 Å². The Bertz CT molecular complexity index is 2130. The summed E-state index contributed by atoms with van der Waals surface area (Å²) in [5, 5.41) is 14.9. The number of ether oxygens (including phenoxy) is 1. The van der Waals surface area contributed by atoms with Gasteiger partial charge in [0.05, 0.1) is 33.9 Å². The van der Waals surface area contributed by atoms with Gasteiger partial charge < -0.3 is 26.2 Å². The number of unbranched alkanes of at least 4 members (excludes halogenated alkanes) is 1. The highest BCUT2D eigenvalue weighted by atomic mass is 32.2. The van der Waals surface area contributed by atoms with Crippen molar-refractivity contribution in [3.63, 3.8) is 0 Å². The number of pyridine rings is 1. The number of nitrogens with zero attached hydrogens (tertiary/aromatic N) is 1. The lowest BCUT2D eigenvalue weighted by Gasteiger charge is -2.21. The summed E-state index contributed by atoms with van der Waals surface area (Å²) in [5.74, 6) is 5.38. The molecule has 10 nitrogen and oxygen atoms in total. The molecule has 0 spiro atoms. The first-order chi connectivity index (χ1) is 22.6. The number of amides is 2. The van der Waals surface area contributed by atoms with Crippen molar-refractivity contribution in [3.05, 3.63) is 106 Å². The van der Waals surface area contributed by atoms with Crippen molar-refractivity contribution in [1.29, 1.82) is 0 Å². The number of rotatable bonds is 10. The van der Waals surface area contributed by atoms with Crippen LogP contribution in [0, 0.1) is 11.8 Å². The minimum Gasteiger partial charge on any atom is -0.497 e. The monoisotopic (exact) mass is 650 g/mol. The topological polar surface area (TPSA) is 161 Å². The fourth-order valence-corrected chi connectivity index (χ4v) is 6.89. The van der Waals surface area contributed by atoms with Crippen LogP contribution in [0.15, 0.2) is 83.9 Å². The van der Waals surface area contributed by atoms with Crippen LogP contribution in [0.3, 0.4) is 0 Å². The van der Waals surface area contributed by atoms with Gasteiger partial charge in [-0.25, -0.2) is 8.42 Å². The van der Waals surface area contributed by atoms with Gasteiger partial charge in [0.2, 0.25) is 0 Å². The van der Waals surface area contributed by atoms with E-state index in [0.717, 1.165) is 11.1 Å².